The van der Waals surface area contributed by atoms with E-state index in [1.807, 2.05) is 0 Å². The Balaban J connectivity index is 3.09. The van der Waals surface area contributed by atoms with Gasteiger partial charge in [0.2, 0.25) is 0 Å². The van der Waals surface area contributed by atoms with E-state index in [0.717, 1.165) is 19.5 Å². The summed E-state index contributed by atoms with van der Waals surface area (Å²) in [6, 6.07) is 0. The maximum absolute atomic E-state index is 5.53. The molecule has 0 aliphatic carbocycles. The number of hydrogen-bond acceptors (Lipinski definition) is 2. The van der Waals surface area contributed by atoms with Crippen LogP contribution in [0, 0.1) is 0 Å². The Bertz CT molecular complexity index is 301. The Hall–Kier alpha value is -0.500. The first-order valence-electron chi connectivity index (χ1n) is 12.9. The monoisotopic (exact) mass is 394 g/mol. The van der Waals surface area contributed by atoms with Gasteiger partial charge in [0.1, 0.15) is 0 Å². The number of allylic oxidation sites excluding steroid dienone is 1. The summed E-state index contributed by atoms with van der Waals surface area (Å²) in [5, 5.41) is 0. The highest BCUT2D eigenvalue weighted by Gasteiger charge is 1.95. The molecule has 0 aromatic heterocycles. The third kappa shape index (κ3) is 23.5. The summed E-state index contributed by atoms with van der Waals surface area (Å²) in [5.74, 6) is 0. The van der Waals surface area contributed by atoms with Gasteiger partial charge in [-0.15, -0.1) is 0 Å². The molecule has 0 aliphatic heterocycles. The van der Waals surface area contributed by atoms with Crippen LogP contribution in [-0.4, -0.2) is 25.0 Å². The molecule has 2 heteroatoms. The van der Waals surface area contributed by atoms with Crippen molar-refractivity contribution in [3.63, 3.8) is 0 Å². The van der Waals surface area contributed by atoms with Gasteiger partial charge >= 0.3 is 0 Å². The molecule has 0 unspecified atom stereocenters. The first kappa shape index (κ1) is 27.5. The minimum Gasteiger partial charge on any atom is -0.381 e. The third-order valence-corrected chi connectivity index (χ3v) is 5.80. The fraction of sp³-hybridized carbons (Fsp3) is 0.923. The molecule has 0 aromatic carbocycles. The van der Waals surface area contributed by atoms with Crippen molar-refractivity contribution in [3.05, 3.63) is 12.3 Å². The summed E-state index contributed by atoms with van der Waals surface area (Å²) < 4.78 is 0. The van der Waals surface area contributed by atoms with Crippen molar-refractivity contribution < 1.29 is 0 Å². The zero-order valence-electron chi connectivity index (χ0n) is 19.7. The molecule has 0 saturated carbocycles. The number of nitrogens with zero attached hydrogens (tertiary/aromatic N) is 1. The van der Waals surface area contributed by atoms with Crippen LogP contribution in [0.5, 0.6) is 0 Å². The second-order valence-corrected chi connectivity index (χ2v) is 8.81. The summed E-state index contributed by atoms with van der Waals surface area (Å²) in [6.07, 6.45) is 32.9. The number of rotatable bonds is 23. The molecule has 0 heterocycles. The van der Waals surface area contributed by atoms with E-state index in [4.69, 9.17) is 5.73 Å². The molecule has 28 heavy (non-hydrogen) atoms. The van der Waals surface area contributed by atoms with Crippen LogP contribution < -0.4 is 5.73 Å². The Morgan fingerprint density at radius 1 is 0.571 bits per heavy atom. The van der Waals surface area contributed by atoms with Crippen molar-refractivity contribution >= 4 is 0 Å². The van der Waals surface area contributed by atoms with E-state index >= 15 is 0 Å². The van der Waals surface area contributed by atoms with Gasteiger partial charge in [-0.25, -0.2) is 0 Å². The van der Waals surface area contributed by atoms with Gasteiger partial charge in [0.25, 0.3) is 0 Å². The Morgan fingerprint density at radius 3 is 1.36 bits per heavy atom. The van der Waals surface area contributed by atoms with E-state index in [0.29, 0.717) is 0 Å². The highest BCUT2D eigenvalue weighted by Crippen LogP contribution is 2.14. The fourth-order valence-electron chi connectivity index (χ4n) is 3.83. The number of hydrogen-bond donors (Lipinski definition) is 1. The van der Waals surface area contributed by atoms with E-state index in [9.17, 15) is 0 Å². The molecule has 0 fully saturated rings. The molecule has 2 N–H and O–H groups in total. The zero-order chi connectivity index (χ0) is 20.5. The van der Waals surface area contributed by atoms with Crippen LogP contribution >= 0.6 is 0 Å². The van der Waals surface area contributed by atoms with Crippen LogP contribution in [0.25, 0.3) is 0 Å². The second-order valence-electron chi connectivity index (χ2n) is 8.81. The smallest absolute Gasteiger partial charge is 0.0181 e. The van der Waals surface area contributed by atoms with E-state index in [1.165, 1.54) is 122 Å². The molecule has 0 radical (unpaired) electrons. The van der Waals surface area contributed by atoms with E-state index < -0.39 is 0 Å². The van der Waals surface area contributed by atoms with Gasteiger partial charge in [-0.3, -0.25) is 0 Å². The van der Waals surface area contributed by atoms with Crippen molar-refractivity contribution in [2.75, 3.05) is 20.1 Å². The van der Waals surface area contributed by atoms with E-state index in [-0.39, 0.29) is 0 Å². The van der Waals surface area contributed by atoms with Crippen LogP contribution in [0.2, 0.25) is 0 Å². The second kappa shape index (κ2) is 24.5. The Labute approximate surface area is 178 Å². The van der Waals surface area contributed by atoms with Gasteiger partial charge in [0.15, 0.2) is 0 Å². The van der Waals surface area contributed by atoms with Crippen LogP contribution in [0.1, 0.15) is 135 Å². The average Bonchev–Trinajstić information content (AvgIpc) is 2.70. The van der Waals surface area contributed by atoms with Gasteiger partial charge in [-0.05, 0) is 32.0 Å². The molecule has 0 atom stereocenters. The highest BCUT2D eigenvalue weighted by atomic mass is 15.1. The van der Waals surface area contributed by atoms with Gasteiger partial charge in [0, 0.05) is 13.6 Å². The molecular weight excluding hydrogens is 340 g/mol. The van der Waals surface area contributed by atoms with Crippen LogP contribution in [0.15, 0.2) is 12.3 Å². The van der Waals surface area contributed by atoms with Crippen molar-refractivity contribution in [1.82, 2.24) is 4.90 Å². The molecule has 0 saturated heterocycles. The largest absolute Gasteiger partial charge is 0.381 e. The first-order valence-corrected chi connectivity index (χ1v) is 12.9. The SMILES string of the molecule is CCCCCCCCCCCCCCCCCCCCC=CN(C)CCCN. The standard InChI is InChI=1S/C26H54N2/c1-3-4-5-6-7-8-9-10-11-12-13-14-15-16-17-18-19-20-21-22-25-28(2)26-23-24-27/h22,25H,3-21,23-24,26-27H2,1-2H3. The normalized spacial score (nSPS) is 11.5. The summed E-state index contributed by atoms with van der Waals surface area (Å²) in [4.78, 5) is 2.25. The molecular formula is C26H54N2. The van der Waals surface area contributed by atoms with Gasteiger partial charge < -0.3 is 10.6 Å². The topological polar surface area (TPSA) is 29.3 Å². The third-order valence-electron chi connectivity index (χ3n) is 5.80. The summed E-state index contributed by atoms with van der Waals surface area (Å²) in [7, 11) is 2.14. The molecule has 2 nitrogen and oxygen atoms in total. The predicted molar refractivity (Wildman–Crippen MR) is 129 cm³/mol. The van der Waals surface area contributed by atoms with Gasteiger partial charge in [0.05, 0.1) is 0 Å². The summed E-state index contributed by atoms with van der Waals surface area (Å²) >= 11 is 0. The number of nitrogens with two attached hydrogens (primary N) is 1. The molecule has 168 valence electrons. The molecule has 0 amide bonds. The lowest BCUT2D eigenvalue weighted by atomic mass is 10.0. The first-order chi connectivity index (χ1) is 13.8. The van der Waals surface area contributed by atoms with Crippen LogP contribution in [0.4, 0.5) is 0 Å². The maximum atomic E-state index is 5.53. The molecule has 0 spiro atoms. The maximum Gasteiger partial charge on any atom is 0.0181 e. The molecule has 0 aromatic rings. The Morgan fingerprint density at radius 2 is 0.964 bits per heavy atom. The van der Waals surface area contributed by atoms with Crippen molar-refractivity contribution in [2.24, 2.45) is 5.73 Å². The minimum atomic E-state index is 0.789. The fourth-order valence-corrected chi connectivity index (χ4v) is 3.83. The lowest BCUT2D eigenvalue weighted by Gasteiger charge is -2.12. The minimum absolute atomic E-state index is 0.789. The van der Waals surface area contributed by atoms with Crippen molar-refractivity contribution in [2.45, 2.75) is 135 Å². The Kier molecular flexibility index (Phi) is 24.1. The highest BCUT2D eigenvalue weighted by molar-refractivity contribution is 4.80. The average molecular weight is 395 g/mol. The van der Waals surface area contributed by atoms with Crippen molar-refractivity contribution in [1.29, 1.82) is 0 Å². The van der Waals surface area contributed by atoms with E-state index in [1.54, 1.807) is 0 Å². The summed E-state index contributed by atoms with van der Waals surface area (Å²) in [6.45, 7) is 4.16. The van der Waals surface area contributed by atoms with Crippen LogP contribution in [0.3, 0.4) is 0 Å². The predicted octanol–water partition coefficient (Wildman–Crippen LogP) is 8.21. The quantitative estimate of drug-likeness (QED) is 0.177. The lowest BCUT2D eigenvalue weighted by Crippen LogP contribution is -2.15. The lowest BCUT2D eigenvalue weighted by molar-refractivity contribution is 0.445. The van der Waals surface area contributed by atoms with E-state index in [2.05, 4.69) is 31.1 Å². The molecule has 0 aliphatic rings. The number of unbranched alkanes of at least 4 members (excludes halogenated alkanes) is 18. The zero-order valence-corrected chi connectivity index (χ0v) is 19.7. The van der Waals surface area contributed by atoms with Crippen LogP contribution in [-0.2, 0) is 0 Å². The molecule has 0 rings (SSSR count). The van der Waals surface area contributed by atoms with Gasteiger partial charge in [-0.2, -0.15) is 0 Å². The summed E-state index contributed by atoms with van der Waals surface area (Å²) in [5.41, 5.74) is 5.53. The van der Waals surface area contributed by atoms with Gasteiger partial charge in [-0.1, -0.05) is 122 Å². The molecule has 0 bridgehead atoms. The van der Waals surface area contributed by atoms with Crippen molar-refractivity contribution in [3.8, 4) is 0 Å².